The van der Waals surface area contributed by atoms with Crippen molar-refractivity contribution in [3.8, 4) is 0 Å². The first kappa shape index (κ1) is 17.8. The van der Waals surface area contributed by atoms with Gasteiger partial charge in [-0.25, -0.2) is 4.98 Å². The monoisotopic (exact) mass is 359 g/mol. The number of aromatic nitrogens is 2. The van der Waals surface area contributed by atoms with E-state index in [4.69, 9.17) is 16.6 Å². The van der Waals surface area contributed by atoms with Gasteiger partial charge in [-0.1, -0.05) is 17.7 Å². The van der Waals surface area contributed by atoms with Crippen LogP contribution in [0.1, 0.15) is 26.5 Å². The van der Waals surface area contributed by atoms with Crippen LogP contribution in [0.25, 0.3) is 0 Å². The quantitative estimate of drug-likeness (QED) is 0.898. The summed E-state index contributed by atoms with van der Waals surface area (Å²) < 4.78 is 0. The number of rotatable bonds is 3. The van der Waals surface area contributed by atoms with Crippen LogP contribution < -0.4 is 15.1 Å². The van der Waals surface area contributed by atoms with Crippen LogP contribution in [0.2, 0.25) is 5.02 Å². The van der Waals surface area contributed by atoms with Gasteiger partial charge in [0.15, 0.2) is 0 Å². The summed E-state index contributed by atoms with van der Waals surface area (Å²) in [6, 6.07) is 10.0. The molecule has 0 bridgehead atoms. The van der Waals surface area contributed by atoms with Gasteiger partial charge in [-0.2, -0.15) is 4.98 Å². The maximum Gasteiger partial charge on any atom is 0.227 e. The predicted octanol–water partition coefficient (Wildman–Crippen LogP) is 3.98. The summed E-state index contributed by atoms with van der Waals surface area (Å²) >= 11 is 6.11. The molecular formula is C19H26ClN5. The minimum Gasteiger partial charge on any atom is -0.368 e. The summed E-state index contributed by atoms with van der Waals surface area (Å²) in [6.07, 6.45) is 0. The van der Waals surface area contributed by atoms with Crippen molar-refractivity contribution in [2.75, 3.05) is 41.3 Å². The number of piperazine rings is 1. The number of hydrogen-bond donors (Lipinski definition) is 1. The smallest absolute Gasteiger partial charge is 0.227 e. The van der Waals surface area contributed by atoms with E-state index in [0.717, 1.165) is 48.7 Å². The zero-order chi connectivity index (χ0) is 18.0. The second-order valence-corrected chi connectivity index (χ2v) is 7.96. The molecule has 5 nitrogen and oxygen atoms in total. The first-order chi connectivity index (χ1) is 11.8. The molecule has 1 aliphatic heterocycles. The van der Waals surface area contributed by atoms with E-state index in [9.17, 15) is 0 Å². The Morgan fingerprint density at radius 1 is 1.00 bits per heavy atom. The Balaban J connectivity index is 1.70. The Kier molecular flexibility index (Phi) is 5.04. The molecule has 1 aromatic heterocycles. The fourth-order valence-corrected chi connectivity index (χ4v) is 3.16. The molecule has 0 unspecified atom stereocenters. The van der Waals surface area contributed by atoms with Crippen LogP contribution in [-0.4, -0.2) is 41.7 Å². The van der Waals surface area contributed by atoms with Crippen molar-refractivity contribution in [2.24, 2.45) is 0 Å². The molecular weight excluding hydrogens is 334 g/mol. The third-order valence-electron chi connectivity index (χ3n) is 4.08. The van der Waals surface area contributed by atoms with Gasteiger partial charge in [0, 0.05) is 54.2 Å². The van der Waals surface area contributed by atoms with Crippen LogP contribution in [0.4, 0.5) is 17.5 Å². The Labute approximate surface area is 155 Å². The molecule has 1 fully saturated rings. The van der Waals surface area contributed by atoms with E-state index in [1.165, 1.54) is 5.69 Å². The molecule has 0 amide bonds. The molecule has 1 aromatic carbocycles. The third-order valence-corrected chi connectivity index (χ3v) is 4.32. The van der Waals surface area contributed by atoms with Crippen LogP contribution >= 0.6 is 11.6 Å². The van der Waals surface area contributed by atoms with Crippen LogP contribution in [0.15, 0.2) is 30.3 Å². The first-order valence-electron chi connectivity index (χ1n) is 8.69. The van der Waals surface area contributed by atoms with Gasteiger partial charge in [-0.05, 0) is 45.9 Å². The van der Waals surface area contributed by atoms with Crippen LogP contribution in [-0.2, 0) is 0 Å². The van der Waals surface area contributed by atoms with Gasteiger partial charge in [0.2, 0.25) is 5.95 Å². The van der Waals surface area contributed by atoms with E-state index in [0.29, 0.717) is 0 Å². The third kappa shape index (κ3) is 4.75. The van der Waals surface area contributed by atoms with Crippen molar-refractivity contribution in [3.63, 3.8) is 0 Å². The number of anilines is 3. The summed E-state index contributed by atoms with van der Waals surface area (Å²) in [4.78, 5) is 14.0. The first-order valence-corrected chi connectivity index (χ1v) is 9.07. The van der Waals surface area contributed by atoms with Crippen molar-refractivity contribution in [3.05, 3.63) is 41.0 Å². The highest BCUT2D eigenvalue weighted by atomic mass is 35.5. The number of aryl methyl sites for hydroxylation is 1. The van der Waals surface area contributed by atoms with E-state index < -0.39 is 0 Å². The Bertz CT molecular complexity index is 733. The maximum absolute atomic E-state index is 6.11. The number of benzene rings is 1. The summed E-state index contributed by atoms with van der Waals surface area (Å²) in [5.74, 6) is 1.68. The lowest BCUT2D eigenvalue weighted by molar-refractivity contribution is 0.623. The molecule has 0 atom stereocenters. The Morgan fingerprint density at radius 3 is 2.32 bits per heavy atom. The lowest BCUT2D eigenvalue weighted by Gasteiger charge is -2.36. The van der Waals surface area contributed by atoms with Gasteiger partial charge in [0.25, 0.3) is 0 Å². The molecule has 1 N–H and O–H groups in total. The van der Waals surface area contributed by atoms with Crippen LogP contribution in [0.5, 0.6) is 0 Å². The standard InChI is InChI=1S/C19H26ClN5/c1-14-12-17(23-19(2,3)4)22-18(21-14)25-10-8-24(9-11-25)16-7-5-6-15(20)13-16/h5-7,12-13H,8-11H2,1-4H3,(H,21,22,23). The molecule has 25 heavy (non-hydrogen) atoms. The normalized spacial score (nSPS) is 15.4. The number of nitrogens with zero attached hydrogens (tertiary/aromatic N) is 4. The second kappa shape index (κ2) is 7.08. The Hall–Kier alpha value is -2.01. The molecule has 2 aromatic rings. The number of halogens is 1. The molecule has 134 valence electrons. The number of nitrogens with one attached hydrogen (secondary N) is 1. The maximum atomic E-state index is 6.11. The minimum absolute atomic E-state index is 0.0245. The SMILES string of the molecule is Cc1cc(NC(C)(C)C)nc(N2CCN(c3cccc(Cl)c3)CC2)n1. The average molecular weight is 360 g/mol. The zero-order valence-electron chi connectivity index (χ0n) is 15.4. The molecule has 6 heteroatoms. The summed E-state index contributed by atoms with van der Waals surface area (Å²) in [5.41, 5.74) is 2.13. The van der Waals surface area contributed by atoms with Gasteiger partial charge in [-0.15, -0.1) is 0 Å². The second-order valence-electron chi connectivity index (χ2n) is 7.52. The predicted molar refractivity (Wildman–Crippen MR) is 106 cm³/mol. The summed E-state index contributed by atoms with van der Waals surface area (Å²) in [6.45, 7) is 12.1. The van der Waals surface area contributed by atoms with Gasteiger partial charge in [0.05, 0.1) is 0 Å². The average Bonchev–Trinajstić information content (AvgIpc) is 2.53. The van der Waals surface area contributed by atoms with Crippen molar-refractivity contribution in [1.82, 2.24) is 9.97 Å². The van der Waals surface area contributed by atoms with Crippen molar-refractivity contribution in [1.29, 1.82) is 0 Å². The topological polar surface area (TPSA) is 44.3 Å². The Morgan fingerprint density at radius 2 is 1.68 bits per heavy atom. The molecule has 0 radical (unpaired) electrons. The fraction of sp³-hybridized carbons (Fsp3) is 0.474. The molecule has 0 spiro atoms. The largest absolute Gasteiger partial charge is 0.368 e. The van der Waals surface area contributed by atoms with E-state index >= 15 is 0 Å². The highest BCUT2D eigenvalue weighted by Gasteiger charge is 2.21. The molecule has 2 heterocycles. The molecule has 1 aliphatic rings. The molecule has 3 rings (SSSR count). The van der Waals surface area contributed by atoms with E-state index in [2.05, 4.69) is 46.9 Å². The molecule has 0 aliphatic carbocycles. The highest BCUT2D eigenvalue weighted by Crippen LogP contribution is 2.23. The zero-order valence-corrected chi connectivity index (χ0v) is 16.1. The lowest BCUT2D eigenvalue weighted by Crippen LogP contribution is -2.47. The van der Waals surface area contributed by atoms with Crippen molar-refractivity contribution < 1.29 is 0 Å². The lowest BCUT2D eigenvalue weighted by atomic mass is 10.1. The minimum atomic E-state index is -0.0245. The van der Waals surface area contributed by atoms with Crippen LogP contribution in [0.3, 0.4) is 0 Å². The molecule has 0 saturated carbocycles. The number of hydrogen-bond acceptors (Lipinski definition) is 5. The van der Waals surface area contributed by atoms with Crippen LogP contribution in [0, 0.1) is 6.92 Å². The van der Waals surface area contributed by atoms with Gasteiger partial charge in [-0.3, -0.25) is 0 Å². The van der Waals surface area contributed by atoms with E-state index in [-0.39, 0.29) is 5.54 Å². The van der Waals surface area contributed by atoms with Crippen molar-refractivity contribution >= 4 is 29.1 Å². The summed E-state index contributed by atoms with van der Waals surface area (Å²) in [5, 5.41) is 4.22. The summed E-state index contributed by atoms with van der Waals surface area (Å²) in [7, 11) is 0. The fourth-order valence-electron chi connectivity index (χ4n) is 2.98. The van der Waals surface area contributed by atoms with Gasteiger partial charge < -0.3 is 15.1 Å². The van der Waals surface area contributed by atoms with Gasteiger partial charge in [0.1, 0.15) is 5.82 Å². The van der Waals surface area contributed by atoms with Crippen molar-refractivity contribution in [2.45, 2.75) is 33.2 Å². The molecule has 1 saturated heterocycles. The van der Waals surface area contributed by atoms with Gasteiger partial charge >= 0.3 is 0 Å². The van der Waals surface area contributed by atoms with E-state index in [1.807, 2.05) is 31.2 Å². The van der Waals surface area contributed by atoms with E-state index in [1.54, 1.807) is 0 Å². The highest BCUT2D eigenvalue weighted by molar-refractivity contribution is 6.30.